The van der Waals surface area contributed by atoms with E-state index in [1.54, 1.807) is 19.1 Å². The molecule has 4 nitrogen and oxygen atoms in total. The van der Waals surface area contributed by atoms with Crippen molar-refractivity contribution in [1.82, 2.24) is 0 Å². The van der Waals surface area contributed by atoms with Crippen molar-refractivity contribution in [2.24, 2.45) is 0 Å². The lowest BCUT2D eigenvalue weighted by molar-refractivity contribution is -0.139. The molecule has 0 bridgehead atoms. The molecule has 3 rings (SSSR count). The predicted octanol–water partition coefficient (Wildman–Crippen LogP) is 4.25. The van der Waals surface area contributed by atoms with Crippen LogP contribution < -0.4 is 0 Å². The second kappa shape index (κ2) is 8.30. The molecule has 0 spiro atoms. The molecular weight excluding hydrogens is 328 g/mol. The first-order chi connectivity index (χ1) is 12.7. The van der Waals surface area contributed by atoms with Crippen molar-refractivity contribution in [3.63, 3.8) is 0 Å². The van der Waals surface area contributed by atoms with E-state index in [1.165, 1.54) is 0 Å². The zero-order valence-corrected chi connectivity index (χ0v) is 14.6. The van der Waals surface area contributed by atoms with Crippen molar-refractivity contribution in [2.45, 2.75) is 19.4 Å². The molecule has 1 saturated heterocycles. The third-order valence-corrected chi connectivity index (χ3v) is 4.05. The van der Waals surface area contributed by atoms with Gasteiger partial charge in [0.25, 0.3) is 0 Å². The van der Waals surface area contributed by atoms with Crippen LogP contribution in [-0.2, 0) is 19.1 Å². The molecule has 1 aliphatic rings. The number of ether oxygens (including phenoxy) is 2. The first-order valence-corrected chi connectivity index (χ1v) is 8.57. The van der Waals surface area contributed by atoms with E-state index in [0.29, 0.717) is 17.6 Å². The van der Waals surface area contributed by atoms with E-state index >= 15 is 0 Å². The minimum Gasteiger partial charge on any atom is -0.462 e. The monoisotopic (exact) mass is 348 g/mol. The van der Waals surface area contributed by atoms with Crippen LogP contribution in [0.5, 0.6) is 0 Å². The van der Waals surface area contributed by atoms with Crippen LogP contribution in [0.4, 0.5) is 0 Å². The van der Waals surface area contributed by atoms with Gasteiger partial charge < -0.3 is 9.47 Å². The van der Waals surface area contributed by atoms with Crippen molar-refractivity contribution in [2.75, 3.05) is 6.61 Å². The fraction of sp³-hybridized carbons (Fsp3) is 0.182. The number of hydrogen-bond acceptors (Lipinski definition) is 4. The van der Waals surface area contributed by atoms with Gasteiger partial charge in [0.15, 0.2) is 0 Å². The molecule has 0 radical (unpaired) electrons. The van der Waals surface area contributed by atoms with Crippen LogP contribution in [0, 0.1) is 0 Å². The Balaban J connectivity index is 1.89. The first kappa shape index (κ1) is 17.7. The molecule has 0 amide bonds. The molecular formula is C22H20O4. The van der Waals surface area contributed by atoms with Gasteiger partial charge >= 0.3 is 11.9 Å². The summed E-state index contributed by atoms with van der Waals surface area (Å²) in [6.45, 7) is 2.02. The maximum atomic E-state index is 12.3. The Kier molecular flexibility index (Phi) is 5.64. The molecule has 2 aromatic carbocycles. The third kappa shape index (κ3) is 4.28. The van der Waals surface area contributed by atoms with Crippen LogP contribution in [0.2, 0.25) is 0 Å². The summed E-state index contributed by atoms with van der Waals surface area (Å²) in [6.07, 6.45) is 3.40. The average molecular weight is 348 g/mol. The van der Waals surface area contributed by atoms with Crippen LogP contribution in [0.15, 0.2) is 77.9 Å². The normalized spacial score (nSPS) is 18.7. The number of cyclic esters (lactones) is 1. The second-order valence-corrected chi connectivity index (χ2v) is 5.91. The highest BCUT2D eigenvalue weighted by molar-refractivity contribution is 6.00. The lowest BCUT2D eigenvalue weighted by atomic mass is 10.0. The largest absolute Gasteiger partial charge is 0.462 e. The molecule has 1 atom stereocenters. The lowest BCUT2D eigenvalue weighted by Crippen LogP contribution is -2.07. The van der Waals surface area contributed by atoms with Crippen LogP contribution in [0.25, 0.3) is 6.08 Å². The fourth-order valence-corrected chi connectivity index (χ4v) is 2.79. The number of carbonyl (C=O) groups is 2. The van der Waals surface area contributed by atoms with E-state index in [9.17, 15) is 9.59 Å². The molecule has 1 fully saturated rings. The number of hydrogen-bond donors (Lipinski definition) is 0. The highest BCUT2D eigenvalue weighted by Gasteiger charge is 2.30. The fourth-order valence-electron chi connectivity index (χ4n) is 2.79. The quantitative estimate of drug-likeness (QED) is 0.599. The molecule has 0 N–H and O–H groups in total. The predicted molar refractivity (Wildman–Crippen MR) is 99.0 cm³/mol. The van der Waals surface area contributed by atoms with Crippen molar-refractivity contribution < 1.29 is 19.1 Å². The Bertz CT molecular complexity index is 835. The Morgan fingerprint density at radius 3 is 2.42 bits per heavy atom. The summed E-state index contributed by atoms with van der Waals surface area (Å²) < 4.78 is 10.6. The van der Waals surface area contributed by atoms with Gasteiger partial charge in [0.2, 0.25) is 0 Å². The smallest absolute Gasteiger partial charge is 0.338 e. The SMILES string of the molecule is CCOC(=O)C(/C=C1/CC(c2ccccc2)OC1=O)=C/c1ccccc1. The number of carbonyl (C=O) groups excluding carboxylic acids is 2. The van der Waals surface area contributed by atoms with E-state index in [4.69, 9.17) is 9.47 Å². The highest BCUT2D eigenvalue weighted by atomic mass is 16.6. The zero-order valence-electron chi connectivity index (χ0n) is 14.6. The summed E-state index contributed by atoms with van der Waals surface area (Å²) in [5.74, 6) is -0.859. The van der Waals surface area contributed by atoms with Crippen LogP contribution in [0.3, 0.4) is 0 Å². The average Bonchev–Trinajstić information content (AvgIpc) is 3.03. The first-order valence-electron chi connectivity index (χ1n) is 8.57. The van der Waals surface area contributed by atoms with Crippen molar-refractivity contribution in [3.05, 3.63) is 89.0 Å². The lowest BCUT2D eigenvalue weighted by Gasteiger charge is -2.07. The topological polar surface area (TPSA) is 52.6 Å². The van der Waals surface area contributed by atoms with Crippen molar-refractivity contribution >= 4 is 18.0 Å². The number of rotatable bonds is 5. The molecule has 0 saturated carbocycles. The summed E-state index contributed by atoms with van der Waals surface area (Å²) >= 11 is 0. The van der Waals surface area contributed by atoms with E-state index in [0.717, 1.165) is 11.1 Å². The Hall–Kier alpha value is -3.14. The summed E-state index contributed by atoms with van der Waals surface area (Å²) in [7, 11) is 0. The molecule has 2 aromatic rings. The second-order valence-electron chi connectivity index (χ2n) is 5.91. The van der Waals surface area contributed by atoms with Gasteiger partial charge in [-0.05, 0) is 30.2 Å². The van der Waals surface area contributed by atoms with E-state index < -0.39 is 11.9 Å². The van der Waals surface area contributed by atoms with Gasteiger partial charge in [0.05, 0.1) is 12.2 Å². The minimum absolute atomic E-state index is 0.269. The highest BCUT2D eigenvalue weighted by Crippen LogP contribution is 2.33. The van der Waals surface area contributed by atoms with Crippen molar-refractivity contribution in [1.29, 1.82) is 0 Å². The molecule has 0 aromatic heterocycles. The van der Waals surface area contributed by atoms with Crippen molar-refractivity contribution in [3.8, 4) is 0 Å². The molecule has 4 heteroatoms. The molecule has 26 heavy (non-hydrogen) atoms. The minimum atomic E-state index is -0.459. The standard InChI is InChI=1S/C22H20O4/c1-2-25-21(23)18(13-16-9-5-3-6-10-16)14-19-15-20(26-22(19)24)17-11-7-4-8-12-17/h3-14,20H,2,15H2,1H3/b18-13+,19-14-. The molecule has 1 aliphatic heterocycles. The number of esters is 2. The maximum absolute atomic E-state index is 12.3. The van der Waals surface area contributed by atoms with E-state index in [1.807, 2.05) is 60.7 Å². The Morgan fingerprint density at radius 1 is 1.12 bits per heavy atom. The summed E-state index contributed by atoms with van der Waals surface area (Å²) in [6, 6.07) is 19.0. The third-order valence-electron chi connectivity index (χ3n) is 4.05. The van der Waals surface area contributed by atoms with Gasteiger partial charge in [-0.1, -0.05) is 60.7 Å². The summed E-state index contributed by atoms with van der Waals surface area (Å²) in [5.41, 5.74) is 2.60. The molecule has 1 heterocycles. The van der Waals surface area contributed by atoms with Crippen LogP contribution in [-0.4, -0.2) is 18.5 Å². The molecule has 132 valence electrons. The van der Waals surface area contributed by atoms with Gasteiger partial charge in [-0.15, -0.1) is 0 Å². The van der Waals surface area contributed by atoms with Crippen LogP contribution in [0.1, 0.15) is 30.6 Å². The van der Waals surface area contributed by atoms with Crippen LogP contribution >= 0.6 is 0 Å². The summed E-state index contributed by atoms with van der Waals surface area (Å²) in [4.78, 5) is 24.6. The summed E-state index contributed by atoms with van der Waals surface area (Å²) in [5, 5.41) is 0. The molecule has 1 unspecified atom stereocenters. The zero-order chi connectivity index (χ0) is 18.4. The van der Waals surface area contributed by atoms with Gasteiger partial charge in [-0.3, -0.25) is 0 Å². The van der Waals surface area contributed by atoms with Gasteiger partial charge in [0.1, 0.15) is 6.10 Å². The van der Waals surface area contributed by atoms with E-state index in [-0.39, 0.29) is 12.7 Å². The van der Waals surface area contributed by atoms with E-state index in [2.05, 4.69) is 0 Å². The van der Waals surface area contributed by atoms with Gasteiger partial charge in [-0.2, -0.15) is 0 Å². The maximum Gasteiger partial charge on any atom is 0.338 e. The van der Waals surface area contributed by atoms with Gasteiger partial charge in [0, 0.05) is 12.0 Å². The Labute approximate surface area is 152 Å². The molecule has 0 aliphatic carbocycles. The number of benzene rings is 2. The Morgan fingerprint density at radius 2 is 1.77 bits per heavy atom. The van der Waals surface area contributed by atoms with Gasteiger partial charge in [-0.25, -0.2) is 9.59 Å².